The number of rotatable bonds is 10. The molecule has 2 nitrogen and oxygen atoms in total. The number of halogens is 21. The average Bonchev–Trinajstić information content (AvgIpc) is 4.06. The molecule has 72 heavy (non-hydrogen) atoms. The molecule has 8 aromatic rings. The fourth-order valence-corrected chi connectivity index (χ4v) is 13.8. The van der Waals surface area contributed by atoms with Crippen molar-refractivity contribution in [3.8, 4) is 32.4 Å². The zero-order valence-corrected chi connectivity index (χ0v) is 38.9. The summed E-state index contributed by atoms with van der Waals surface area (Å²) in [6.07, 6.45) is -7.22. The minimum Gasteiger partial charge on any atom is -0.497 e. The molecule has 0 atom stereocenters. The van der Waals surface area contributed by atoms with Gasteiger partial charge in [-0.1, -0.05) is 22.7 Å². The van der Waals surface area contributed by atoms with Crippen LogP contribution in [0, 0.1) is 122 Å². The van der Waals surface area contributed by atoms with Gasteiger partial charge in [0.1, 0.15) is 64.2 Å². The van der Waals surface area contributed by atoms with E-state index in [1.165, 1.54) is 26.6 Å². The molecule has 0 saturated heterocycles. The Labute approximate surface area is 408 Å². The van der Waals surface area contributed by atoms with E-state index < -0.39 is 144 Å². The third kappa shape index (κ3) is 8.91. The summed E-state index contributed by atoms with van der Waals surface area (Å²) in [5, 5.41) is 0. The van der Waals surface area contributed by atoms with Crippen molar-refractivity contribution in [3.05, 3.63) is 195 Å². The highest BCUT2D eigenvalue weighted by Crippen LogP contribution is 2.32. The zero-order chi connectivity index (χ0) is 53.0. The standard InChI is InChI=1S/C24BF20.C22H18IO2S2/c26-5-1(6(27)14(35)21(42)13(5)34)25(2-7(28)15(36)22(43)16(37)8(2)29,3-9(30)17(38)23(44)18(39)10(3)31)4-11(32)19(40)24(45)20(41)12(4)33;1-24-17-7-3-15(4-8-17)19-11-13-21(26-19)23-22-14-12-20(27-22)16-5-9-18(25-2)10-6-16/h;3-14H,1-2H3/q-1;+1. The molecule has 0 fully saturated rings. The van der Waals surface area contributed by atoms with Crippen LogP contribution in [0.5, 0.6) is 11.5 Å². The lowest BCUT2D eigenvalue weighted by atomic mass is 9.12. The lowest BCUT2D eigenvalue weighted by Gasteiger charge is -2.44. The average molecular weight is 1180 g/mol. The van der Waals surface area contributed by atoms with Gasteiger partial charge in [-0.25, -0.2) is 87.8 Å². The predicted octanol–water partition coefficient (Wildman–Crippen LogP) is 9.14. The Morgan fingerprint density at radius 2 is 0.500 bits per heavy atom. The molecule has 2 heterocycles. The maximum Gasteiger partial charge on any atom is 0.381 e. The van der Waals surface area contributed by atoms with Crippen molar-refractivity contribution in [1.29, 1.82) is 0 Å². The molecule has 0 unspecified atom stereocenters. The van der Waals surface area contributed by atoms with E-state index in [1.54, 1.807) is 14.2 Å². The molecule has 0 spiro atoms. The van der Waals surface area contributed by atoms with Gasteiger partial charge in [0.05, 0.1) is 14.2 Å². The Balaban J connectivity index is 0.000000238. The van der Waals surface area contributed by atoms with Gasteiger partial charge in [0.25, 0.3) is 0 Å². The Morgan fingerprint density at radius 1 is 0.292 bits per heavy atom. The maximum atomic E-state index is 15.4. The third-order valence-corrected chi connectivity index (χ3v) is 16.8. The topological polar surface area (TPSA) is 18.5 Å². The van der Waals surface area contributed by atoms with Crippen LogP contribution in [0.1, 0.15) is 0 Å². The molecule has 376 valence electrons. The van der Waals surface area contributed by atoms with Crippen molar-refractivity contribution in [1.82, 2.24) is 0 Å². The highest BCUT2D eigenvalue weighted by Gasteiger charge is 2.52. The molecule has 8 rings (SSSR count). The molecule has 0 saturated carbocycles. The second kappa shape index (κ2) is 20.7. The summed E-state index contributed by atoms with van der Waals surface area (Å²) in [4.78, 5) is 2.64. The summed E-state index contributed by atoms with van der Waals surface area (Å²) < 4.78 is 307. The minimum absolute atomic E-state index is 0.145. The Morgan fingerprint density at radius 3 is 0.708 bits per heavy atom. The van der Waals surface area contributed by atoms with Gasteiger partial charge in [0.15, 0.2) is 69.8 Å². The van der Waals surface area contributed by atoms with Crippen molar-refractivity contribution < 1.29 is 118 Å². The lowest BCUT2D eigenvalue weighted by Crippen LogP contribution is -3.61. The van der Waals surface area contributed by atoms with Gasteiger partial charge >= 0.3 is 21.2 Å². The fraction of sp³-hybridized carbons (Fsp3) is 0.0435. The van der Waals surface area contributed by atoms with Crippen LogP contribution in [-0.2, 0) is 0 Å². The molecule has 26 heteroatoms. The quantitative estimate of drug-likeness (QED) is 0.0448. The molecule has 0 bridgehead atoms. The molecule has 0 N–H and O–H groups in total. The number of hydrogen-bond donors (Lipinski definition) is 0. The second-order valence-corrected chi connectivity index (χ2v) is 21.1. The molecular formula is C46H18BF20IO2S2. The third-order valence-electron chi connectivity index (χ3n) is 10.8. The van der Waals surface area contributed by atoms with Crippen LogP contribution >= 0.6 is 22.7 Å². The number of hydrogen-bond acceptors (Lipinski definition) is 4. The maximum absolute atomic E-state index is 15.4. The monoisotopic (exact) mass is 1180 g/mol. The van der Waals surface area contributed by atoms with E-state index in [0.29, 0.717) is 0 Å². The molecule has 0 aliphatic heterocycles. The van der Waals surface area contributed by atoms with Crippen LogP contribution in [-0.4, -0.2) is 20.4 Å². The molecule has 0 radical (unpaired) electrons. The van der Waals surface area contributed by atoms with E-state index in [0.717, 1.165) is 11.5 Å². The van der Waals surface area contributed by atoms with Crippen molar-refractivity contribution in [3.63, 3.8) is 0 Å². The number of methoxy groups -OCH3 is 2. The van der Waals surface area contributed by atoms with Crippen LogP contribution in [0.2, 0.25) is 0 Å². The second-order valence-electron chi connectivity index (χ2n) is 14.6. The van der Waals surface area contributed by atoms with Crippen LogP contribution < -0.4 is 52.5 Å². The van der Waals surface area contributed by atoms with Gasteiger partial charge in [-0.3, -0.25) is 0 Å². The molecule has 6 aromatic carbocycles. The summed E-state index contributed by atoms with van der Waals surface area (Å²) in [5.74, 6) is -69.6. The van der Waals surface area contributed by atoms with Crippen molar-refractivity contribution in [2.75, 3.05) is 14.2 Å². The van der Waals surface area contributed by atoms with Crippen LogP contribution in [0.4, 0.5) is 87.8 Å². The van der Waals surface area contributed by atoms with Crippen molar-refractivity contribution >= 4 is 50.7 Å². The largest absolute Gasteiger partial charge is 0.497 e. The van der Waals surface area contributed by atoms with E-state index in [-0.39, 0.29) is 21.2 Å². The summed E-state index contributed by atoms with van der Waals surface area (Å²) >= 11 is 3.66. The summed E-state index contributed by atoms with van der Waals surface area (Å²) in [6.45, 7) is 0. The highest BCUT2D eigenvalue weighted by molar-refractivity contribution is 7.20. The summed E-state index contributed by atoms with van der Waals surface area (Å²) in [6, 6.07) is 25.6. The van der Waals surface area contributed by atoms with E-state index in [1.807, 2.05) is 46.9 Å². The van der Waals surface area contributed by atoms with E-state index in [9.17, 15) is 52.7 Å². The first-order valence-electron chi connectivity index (χ1n) is 19.3. The summed E-state index contributed by atoms with van der Waals surface area (Å²) in [7, 11) is 3.40. The number of ether oxygens (including phenoxy) is 2. The molecule has 0 amide bonds. The Kier molecular flexibility index (Phi) is 15.4. The first-order valence-corrected chi connectivity index (χ1v) is 23.1. The van der Waals surface area contributed by atoms with Gasteiger partial charge < -0.3 is 9.47 Å². The number of benzene rings is 6. The molecule has 2 aromatic heterocycles. The minimum atomic E-state index is -7.22. The fourth-order valence-electron chi connectivity index (χ4n) is 7.52. The summed E-state index contributed by atoms with van der Waals surface area (Å²) in [5.41, 5.74) is -11.8. The SMILES string of the molecule is COc1ccc(-c2ccc([I+]c3ccc(-c4ccc(OC)cc4)s3)s2)cc1.Fc1c(F)c(F)c([B-](c2c(F)c(F)c(F)c(F)c2F)(c2c(F)c(F)c(F)c(F)c2F)c2c(F)c(F)c(F)c(F)c2F)c(F)c1F. The lowest BCUT2D eigenvalue weighted by molar-refractivity contribution is -0.585. The molecular weight excluding hydrogens is 1170 g/mol. The van der Waals surface area contributed by atoms with Crippen molar-refractivity contribution in [2.24, 2.45) is 0 Å². The smallest absolute Gasteiger partial charge is 0.381 e. The first-order chi connectivity index (χ1) is 33.9. The van der Waals surface area contributed by atoms with Crippen LogP contribution in [0.15, 0.2) is 72.8 Å². The number of thiophene rings is 2. The Hall–Kier alpha value is -6.29. The van der Waals surface area contributed by atoms with Gasteiger partial charge in [-0.2, -0.15) is 0 Å². The highest BCUT2D eigenvalue weighted by atomic mass is 127. The zero-order valence-electron chi connectivity index (χ0n) is 35.1. The Bertz CT molecular complexity index is 2960. The van der Waals surface area contributed by atoms with E-state index in [4.69, 9.17) is 9.47 Å². The van der Waals surface area contributed by atoms with Crippen LogP contribution in [0.25, 0.3) is 20.9 Å². The molecule has 0 aliphatic carbocycles. The first kappa shape index (κ1) is 53.5. The van der Waals surface area contributed by atoms with Gasteiger partial charge in [0.2, 0.25) is 5.77 Å². The molecule has 0 aliphatic rings. The normalized spacial score (nSPS) is 11.5. The van der Waals surface area contributed by atoms with Gasteiger partial charge in [-0.15, -0.1) is 21.9 Å². The van der Waals surface area contributed by atoms with Gasteiger partial charge in [0, 0.05) is 21.9 Å². The van der Waals surface area contributed by atoms with Crippen LogP contribution in [0.3, 0.4) is 0 Å². The van der Waals surface area contributed by atoms with Crippen molar-refractivity contribution in [2.45, 2.75) is 0 Å². The van der Waals surface area contributed by atoms with E-state index >= 15 is 35.1 Å². The van der Waals surface area contributed by atoms with Gasteiger partial charge in [-0.05, 0) is 71.8 Å². The predicted molar refractivity (Wildman–Crippen MR) is 219 cm³/mol. The van der Waals surface area contributed by atoms with E-state index in [2.05, 4.69) is 48.5 Å².